The maximum absolute atomic E-state index is 13.4. The Hall–Kier alpha value is -2.24. The normalized spacial score (nSPS) is 16.6. The van der Waals surface area contributed by atoms with Crippen LogP contribution in [0.5, 0.6) is 0 Å². The van der Waals surface area contributed by atoms with Crippen molar-refractivity contribution in [1.29, 1.82) is 0 Å². The summed E-state index contributed by atoms with van der Waals surface area (Å²) >= 11 is 1.58. The summed E-state index contributed by atoms with van der Waals surface area (Å²) in [6.07, 6.45) is 2.11. The van der Waals surface area contributed by atoms with Crippen LogP contribution in [0.2, 0.25) is 0 Å². The molecule has 1 unspecified atom stereocenters. The van der Waals surface area contributed by atoms with E-state index >= 15 is 0 Å². The standard InChI is InChI=1S/C23H26N2O2S/c1-14-7-8-18(10-15(14)2)22(26)25(13-19-6-5-9-27-19)23-24-20-11-16(3)17(4)12-21(20)28-23/h7-8,10-12,19H,5-6,9,13H2,1-4H3. The van der Waals surface area contributed by atoms with Crippen LogP contribution in [0.15, 0.2) is 30.3 Å². The molecule has 5 heteroatoms. The molecule has 2 heterocycles. The fourth-order valence-electron chi connectivity index (χ4n) is 3.55. The number of fused-ring (bicyclic) bond motifs is 1. The maximum atomic E-state index is 13.4. The Labute approximate surface area is 170 Å². The van der Waals surface area contributed by atoms with Gasteiger partial charge in [0.05, 0.1) is 22.9 Å². The van der Waals surface area contributed by atoms with Gasteiger partial charge in [0.1, 0.15) is 0 Å². The van der Waals surface area contributed by atoms with Crippen molar-refractivity contribution in [2.45, 2.75) is 46.6 Å². The minimum atomic E-state index is -0.00824. The average Bonchev–Trinajstić information content (AvgIpc) is 3.31. The molecule has 4 rings (SSSR count). The number of hydrogen-bond donors (Lipinski definition) is 0. The van der Waals surface area contributed by atoms with Crippen LogP contribution >= 0.6 is 11.3 Å². The first-order valence-electron chi connectivity index (χ1n) is 9.81. The topological polar surface area (TPSA) is 42.4 Å². The number of hydrogen-bond acceptors (Lipinski definition) is 4. The number of ether oxygens (including phenoxy) is 1. The summed E-state index contributed by atoms with van der Waals surface area (Å²) in [7, 11) is 0. The quantitative estimate of drug-likeness (QED) is 0.598. The van der Waals surface area contributed by atoms with Crippen molar-refractivity contribution in [3.8, 4) is 0 Å². The molecular formula is C23H26N2O2S. The van der Waals surface area contributed by atoms with Gasteiger partial charge >= 0.3 is 0 Å². The average molecular weight is 395 g/mol. The number of rotatable bonds is 4. The molecule has 0 N–H and O–H groups in total. The van der Waals surface area contributed by atoms with Gasteiger partial charge in [0.25, 0.3) is 5.91 Å². The highest BCUT2D eigenvalue weighted by Gasteiger charge is 2.27. The SMILES string of the molecule is Cc1ccc(C(=O)N(CC2CCCO2)c2nc3cc(C)c(C)cc3s2)cc1C. The number of aromatic nitrogens is 1. The van der Waals surface area contributed by atoms with Gasteiger partial charge in [0, 0.05) is 12.2 Å². The zero-order chi connectivity index (χ0) is 19.8. The van der Waals surface area contributed by atoms with Crippen molar-refractivity contribution < 1.29 is 9.53 Å². The van der Waals surface area contributed by atoms with Crippen LogP contribution in [-0.2, 0) is 4.74 Å². The van der Waals surface area contributed by atoms with Gasteiger partial charge in [0.2, 0.25) is 0 Å². The van der Waals surface area contributed by atoms with Crippen LogP contribution in [-0.4, -0.2) is 30.1 Å². The predicted octanol–water partition coefficient (Wildman–Crippen LogP) is 5.36. The van der Waals surface area contributed by atoms with Gasteiger partial charge < -0.3 is 4.74 Å². The number of anilines is 1. The van der Waals surface area contributed by atoms with Gasteiger partial charge in [-0.05, 0) is 87.1 Å². The first-order valence-corrected chi connectivity index (χ1v) is 10.6. The zero-order valence-electron chi connectivity index (χ0n) is 16.9. The third-order valence-electron chi connectivity index (χ3n) is 5.63. The molecule has 4 nitrogen and oxygen atoms in total. The molecule has 28 heavy (non-hydrogen) atoms. The minimum Gasteiger partial charge on any atom is -0.376 e. The van der Waals surface area contributed by atoms with Crippen LogP contribution in [0.1, 0.15) is 45.5 Å². The van der Waals surface area contributed by atoms with Gasteiger partial charge in [-0.2, -0.15) is 0 Å². The zero-order valence-corrected chi connectivity index (χ0v) is 17.7. The number of amides is 1. The van der Waals surface area contributed by atoms with E-state index in [1.54, 1.807) is 11.3 Å². The van der Waals surface area contributed by atoms with E-state index in [-0.39, 0.29) is 12.0 Å². The van der Waals surface area contributed by atoms with E-state index in [1.165, 1.54) is 16.7 Å². The number of aryl methyl sites for hydroxylation is 4. The summed E-state index contributed by atoms with van der Waals surface area (Å²) in [6, 6.07) is 10.2. The Morgan fingerprint density at radius 2 is 1.86 bits per heavy atom. The molecule has 3 aromatic rings. The molecule has 0 saturated carbocycles. The van der Waals surface area contributed by atoms with Crippen LogP contribution in [0.4, 0.5) is 5.13 Å². The molecule has 0 spiro atoms. The Bertz CT molecular complexity index is 996. The van der Waals surface area contributed by atoms with E-state index < -0.39 is 0 Å². The summed E-state index contributed by atoms with van der Waals surface area (Å²) < 4.78 is 6.94. The Balaban J connectivity index is 1.74. The molecule has 1 aliphatic rings. The van der Waals surface area contributed by atoms with E-state index in [1.807, 2.05) is 30.0 Å². The van der Waals surface area contributed by atoms with Gasteiger partial charge in [0.15, 0.2) is 5.13 Å². The highest BCUT2D eigenvalue weighted by atomic mass is 32.1. The molecular weight excluding hydrogens is 368 g/mol. The van der Waals surface area contributed by atoms with E-state index in [0.29, 0.717) is 12.1 Å². The summed E-state index contributed by atoms with van der Waals surface area (Å²) in [5.41, 5.74) is 6.43. The Kier molecular flexibility index (Phi) is 5.21. The monoisotopic (exact) mass is 394 g/mol. The number of carbonyl (C=O) groups excluding carboxylic acids is 1. The Morgan fingerprint density at radius 1 is 1.11 bits per heavy atom. The van der Waals surface area contributed by atoms with E-state index in [0.717, 1.165) is 40.4 Å². The lowest BCUT2D eigenvalue weighted by molar-refractivity contribution is 0.0917. The Morgan fingerprint density at radius 3 is 2.57 bits per heavy atom. The van der Waals surface area contributed by atoms with E-state index in [2.05, 4.69) is 32.9 Å². The molecule has 1 aromatic heterocycles. The third kappa shape index (κ3) is 3.69. The molecule has 1 fully saturated rings. The lowest BCUT2D eigenvalue weighted by Gasteiger charge is -2.23. The molecule has 0 bridgehead atoms. The number of thiazole rings is 1. The van der Waals surface area contributed by atoms with Gasteiger partial charge in [-0.3, -0.25) is 9.69 Å². The van der Waals surface area contributed by atoms with E-state index in [4.69, 9.17) is 9.72 Å². The summed E-state index contributed by atoms with van der Waals surface area (Å²) in [4.78, 5) is 20.1. The van der Waals surface area contributed by atoms with E-state index in [9.17, 15) is 4.79 Å². The molecule has 0 aliphatic carbocycles. The number of carbonyl (C=O) groups is 1. The van der Waals surface area contributed by atoms with Crippen molar-refractivity contribution in [3.05, 3.63) is 58.1 Å². The first kappa shape index (κ1) is 19.1. The van der Waals surface area contributed by atoms with Crippen molar-refractivity contribution in [2.24, 2.45) is 0 Å². The van der Waals surface area contributed by atoms with Crippen LogP contribution in [0.3, 0.4) is 0 Å². The highest BCUT2D eigenvalue weighted by molar-refractivity contribution is 7.22. The smallest absolute Gasteiger partial charge is 0.260 e. The number of benzene rings is 2. The van der Waals surface area contributed by atoms with Crippen molar-refractivity contribution in [1.82, 2.24) is 4.98 Å². The molecule has 1 atom stereocenters. The molecule has 0 radical (unpaired) electrons. The van der Waals surface area contributed by atoms with Crippen molar-refractivity contribution in [3.63, 3.8) is 0 Å². The summed E-state index contributed by atoms with van der Waals surface area (Å²) in [6.45, 7) is 9.63. The largest absolute Gasteiger partial charge is 0.376 e. The lowest BCUT2D eigenvalue weighted by Crippen LogP contribution is -2.37. The second kappa shape index (κ2) is 7.64. The second-order valence-electron chi connectivity index (χ2n) is 7.75. The van der Waals surface area contributed by atoms with Crippen LogP contribution < -0.4 is 4.90 Å². The fraction of sp³-hybridized carbons (Fsp3) is 0.391. The van der Waals surface area contributed by atoms with Crippen molar-refractivity contribution >= 4 is 32.6 Å². The third-order valence-corrected chi connectivity index (χ3v) is 6.67. The molecule has 2 aromatic carbocycles. The molecule has 146 valence electrons. The minimum absolute atomic E-state index is 0.00824. The summed E-state index contributed by atoms with van der Waals surface area (Å²) in [5.74, 6) is -0.00824. The first-order chi connectivity index (χ1) is 13.4. The van der Waals surface area contributed by atoms with Crippen molar-refractivity contribution in [2.75, 3.05) is 18.1 Å². The predicted molar refractivity (Wildman–Crippen MR) is 116 cm³/mol. The van der Waals surface area contributed by atoms with Gasteiger partial charge in [-0.15, -0.1) is 0 Å². The van der Waals surface area contributed by atoms with Gasteiger partial charge in [-0.25, -0.2) is 4.98 Å². The highest BCUT2D eigenvalue weighted by Crippen LogP contribution is 2.32. The maximum Gasteiger partial charge on any atom is 0.260 e. The van der Waals surface area contributed by atoms with Crippen LogP contribution in [0.25, 0.3) is 10.2 Å². The number of nitrogens with zero attached hydrogens (tertiary/aromatic N) is 2. The summed E-state index contributed by atoms with van der Waals surface area (Å²) in [5, 5.41) is 0.749. The second-order valence-corrected chi connectivity index (χ2v) is 8.76. The molecule has 1 aliphatic heterocycles. The molecule has 1 amide bonds. The van der Waals surface area contributed by atoms with Crippen LogP contribution in [0, 0.1) is 27.7 Å². The molecule has 1 saturated heterocycles. The lowest BCUT2D eigenvalue weighted by atomic mass is 10.1. The fourth-order valence-corrected chi connectivity index (χ4v) is 4.61. The van der Waals surface area contributed by atoms with Gasteiger partial charge in [-0.1, -0.05) is 17.4 Å².